The monoisotopic (exact) mass is 434 g/mol. The molecule has 31 heavy (non-hydrogen) atoms. The van der Waals surface area contributed by atoms with Crippen LogP contribution in [0.25, 0.3) is 0 Å². The lowest BCUT2D eigenvalue weighted by molar-refractivity contribution is 0.269. The van der Waals surface area contributed by atoms with E-state index >= 15 is 0 Å². The number of aryl methyl sites for hydroxylation is 1. The molecule has 2 heterocycles. The maximum Gasteiger partial charge on any atom is 0.123 e. The Hall–Kier alpha value is -2.69. The Bertz CT molecular complexity index is 1180. The second kappa shape index (κ2) is 7.77. The fourth-order valence-electron chi connectivity index (χ4n) is 5.30. The lowest BCUT2D eigenvalue weighted by Crippen LogP contribution is -2.51. The van der Waals surface area contributed by atoms with E-state index in [1.807, 2.05) is 43.3 Å². The number of nitrogens with zero attached hydrogens (tertiary/aromatic N) is 1. The molecule has 0 amide bonds. The van der Waals surface area contributed by atoms with E-state index in [0.29, 0.717) is 0 Å². The highest BCUT2D eigenvalue weighted by atomic mass is 35.5. The Kier molecular flexibility index (Phi) is 5.07. The minimum absolute atomic E-state index is 0.126. The van der Waals surface area contributed by atoms with Crippen molar-refractivity contribution in [3.63, 3.8) is 0 Å². The van der Waals surface area contributed by atoms with Crippen molar-refractivity contribution < 1.29 is 9.13 Å². The highest BCUT2D eigenvalue weighted by molar-refractivity contribution is 6.30. The van der Waals surface area contributed by atoms with Gasteiger partial charge >= 0.3 is 0 Å². The van der Waals surface area contributed by atoms with Crippen LogP contribution in [0.2, 0.25) is 5.02 Å². The SMILES string of the molecule is COc1ccc2c(c1)N=C[C@@]21[C@@H](c2cc(F)ccc2C)NCC[C@H]1c1cccc(Cl)c1. The maximum atomic E-state index is 14.3. The van der Waals surface area contributed by atoms with Gasteiger partial charge in [-0.2, -0.15) is 0 Å². The third-order valence-electron chi connectivity index (χ3n) is 6.73. The molecule has 0 aromatic heterocycles. The van der Waals surface area contributed by atoms with Gasteiger partial charge in [0.25, 0.3) is 0 Å². The Labute approximate surface area is 186 Å². The number of fused-ring (bicyclic) bond motifs is 2. The summed E-state index contributed by atoms with van der Waals surface area (Å²) >= 11 is 6.38. The fraction of sp³-hybridized carbons (Fsp3) is 0.269. The van der Waals surface area contributed by atoms with E-state index in [1.54, 1.807) is 13.2 Å². The summed E-state index contributed by atoms with van der Waals surface area (Å²) in [6, 6.07) is 19.0. The molecule has 3 nitrogen and oxygen atoms in total. The summed E-state index contributed by atoms with van der Waals surface area (Å²) < 4.78 is 19.8. The van der Waals surface area contributed by atoms with E-state index in [0.717, 1.165) is 46.1 Å². The lowest BCUT2D eigenvalue weighted by atomic mass is 9.60. The summed E-state index contributed by atoms with van der Waals surface area (Å²) in [7, 11) is 1.66. The first kappa shape index (κ1) is 20.2. The first-order valence-electron chi connectivity index (χ1n) is 10.5. The Morgan fingerprint density at radius 2 is 2.00 bits per heavy atom. The van der Waals surface area contributed by atoms with Crippen molar-refractivity contribution in [2.75, 3.05) is 13.7 Å². The molecule has 3 aromatic carbocycles. The van der Waals surface area contributed by atoms with Crippen LogP contribution in [0, 0.1) is 12.7 Å². The molecule has 2 aliphatic rings. The maximum absolute atomic E-state index is 14.3. The summed E-state index contributed by atoms with van der Waals surface area (Å²) in [5, 5.41) is 4.42. The first-order valence-corrected chi connectivity index (χ1v) is 10.9. The zero-order valence-corrected chi connectivity index (χ0v) is 18.3. The molecule has 0 unspecified atom stereocenters. The van der Waals surface area contributed by atoms with Gasteiger partial charge in [0.05, 0.1) is 18.2 Å². The molecule has 0 aliphatic carbocycles. The number of methoxy groups -OCH3 is 1. The van der Waals surface area contributed by atoms with Crippen molar-refractivity contribution in [1.29, 1.82) is 0 Å². The van der Waals surface area contributed by atoms with Gasteiger partial charge in [-0.05, 0) is 72.5 Å². The highest BCUT2D eigenvalue weighted by Crippen LogP contribution is 2.56. The summed E-state index contributed by atoms with van der Waals surface area (Å²) in [5.41, 5.74) is 4.74. The Morgan fingerprint density at radius 3 is 2.81 bits per heavy atom. The molecule has 0 saturated carbocycles. The summed E-state index contributed by atoms with van der Waals surface area (Å²) in [5.74, 6) is 0.681. The molecule has 3 aromatic rings. The van der Waals surface area contributed by atoms with Crippen LogP contribution in [0.3, 0.4) is 0 Å². The predicted molar refractivity (Wildman–Crippen MR) is 124 cm³/mol. The molecule has 1 N–H and O–H groups in total. The number of nitrogens with one attached hydrogen (secondary N) is 1. The number of halogens is 2. The quantitative estimate of drug-likeness (QED) is 0.527. The predicted octanol–water partition coefficient (Wildman–Crippen LogP) is 6.27. The van der Waals surface area contributed by atoms with E-state index < -0.39 is 5.41 Å². The average molecular weight is 435 g/mol. The number of rotatable bonds is 3. The number of hydrogen-bond acceptors (Lipinski definition) is 3. The van der Waals surface area contributed by atoms with Gasteiger partial charge in [0.2, 0.25) is 0 Å². The van der Waals surface area contributed by atoms with Gasteiger partial charge in [-0.25, -0.2) is 4.39 Å². The van der Waals surface area contributed by atoms with Crippen molar-refractivity contribution in [3.8, 4) is 5.75 Å². The van der Waals surface area contributed by atoms with Crippen LogP contribution in [-0.2, 0) is 5.41 Å². The minimum Gasteiger partial charge on any atom is -0.497 e. The zero-order chi connectivity index (χ0) is 21.6. The molecule has 0 radical (unpaired) electrons. The van der Waals surface area contributed by atoms with E-state index in [1.165, 1.54) is 11.6 Å². The van der Waals surface area contributed by atoms with Gasteiger partial charge in [0.1, 0.15) is 11.6 Å². The molecule has 1 saturated heterocycles. The van der Waals surface area contributed by atoms with E-state index in [2.05, 4.69) is 23.7 Å². The van der Waals surface area contributed by atoms with Gasteiger partial charge in [0.15, 0.2) is 0 Å². The topological polar surface area (TPSA) is 33.6 Å². The summed E-state index contributed by atoms with van der Waals surface area (Å²) in [4.78, 5) is 4.84. The van der Waals surface area contributed by atoms with Crippen LogP contribution in [0.15, 0.2) is 65.7 Å². The van der Waals surface area contributed by atoms with Crippen LogP contribution in [-0.4, -0.2) is 19.9 Å². The van der Waals surface area contributed by atoms with Gasteiger partial charge in [-0.15, -0.1) is 0 Å². The Morgan fingerprint density at radius 1 is 1.13 bits per heavy atom. The zero-order valence-electron chi connectivity index (χ0n) is 17.5. The second-order valence-electron chi connectivity index (χ2n) is 8.36. The van der Waals surface area contributed by atoms with Gasteiger partial charge in [-0.3, -0.25) is 4.99 Å². The van der Waals surface area contributed by atoms with Crippen molar-refractivity contribution >= 4 is 23.5 Å². The summed E-state index contributed by atoms with van der Waals surface area (Å²) in [6.07, 6.45) is 2.98. The summed E-state index contributed by atoms with van der Waals surface area (Å²) in [6.45, 7) is 2.85. The molecule has 5 rings (SSSR count). The molecule has 0 bridgehead atoms. The van der Waals surface area contributed by atoms with Crippen molar-refractivity contribution in [1.82, 2.24) is 5.32 Å². The molecular formula is C26H24ClFN2O. The molecule has 158 valence electrons. The van der Waals surface area contributed by atoms with Crippen LogP contribution in [0.5, 0.6) is 5.75 Å². The van der Waals surface area contributed by atoms with Gasteiger partial charge in [-0.1, -0.05) is 35.9 Å². The molecule has 5 heteroatoms. The van der Waals surface area contributed by atoms with Crippen molar-refractivity contribution in [2.45, 2.75) is 30.7 Å². The van der Waals surface area contributed by atoms with E-state index in [4.69, 9.17) is 21.3 Å². The number of ether oxygens (including phenoxy) is 1. The van der Waals surface area contributed by atoms with Crippen molar-refractivity contribution in [3.05, 3.63) is 93.8 Å². The molecule has 1 fully saturated rings. The number of aliphatic imine (C=N–C) groups is 1. The molecule has 1 spiro atoms. The Balaban J connectivity index is 1.75. The van der Waals surface area contributed by atoms with E-state index in [9.17, 15) is 4.39 Å². The number of piperidine rings is 1. The fourth-order valence-corrected chi connectivity index (χ4v) is 5.50. The van der Waals surface area contributed by atoms with Crippen LogP contribution >= 0.6 is 11.6 Å². The smallest absolute Gasteiger partial charge is 0.123 e. The van der Waals surface area contributed by atoms with E-state index in [-0.39, 0.29) is 17.8 Å². The average Bonchev–Trinajstić information content (AvgIpc) is 3.14. The second-order valence-corrected chi connectivity index (χ2v) is 8.80. The minimum atomic E-state index is -0.469. The standard InChI is InChI=1S/C26H24ClFN2O/c1-16-6-7-19(28)13-21(16)25-26(15-30-24-14-20(31-2)8-9-23(24)26)22(10-11-29-25)17-4-3-5-18(27)12-17/h3-9,12-15,22,25,29H,10-11H2,1-2H3/t22-,25+,26-/m0/s1. The van der Waals surface area contributed by atoms with Crippen LogP contribution < -0.4 is 10.1 Å². The molecule has 2 aliphatic heterocycles. The third-order valence-corrected chi connectivity index (χ3v) is 6.96. The first-order chi connectivity index (χ1) is 15.0. The van der Waals surface area contributed by atoms with Gasteiger partial charge < -0.3 is 10.1 Å². The molecule has 3 atom stereocenters. The molecular weight excluding hydrogens is 411 g/mol. The number of benzene rings is 3. The third kappa shape index (κ3) is 3.26. The van der Waals surface area contributed by atoms with Crippen molar-refractivity contribution in [2.24, 2.45) is 4.99 Å². The highest BCUT2D eigenvalue weighted by Gasteiger charge is 2.52. The number of hydrogen-bond donors (Lipinski definition) is 1. The largest absolute Gasteiger partial charge is 0.497 e. The van der Waals surface area contributed by atoms with Gasteiger partial charge in [0, 0.05) is 29.3 Å². The normalized spacial score (nSPS) is 24.4. The lowest BCUT2D eigenvalue weighted by Gasteiger charge is -2.48. The van der Waals surface area contributed by atoms with Crippen LogP contribution in [0.4, 0.5) is 10.1 Å². The van der Waals surface area contributed by atoms with Crippen LogP contribution in [0.1, 0.15) is 40.6 Å².